The van der Waals surface area contributed by atoms with Crippen LogP contribution in [0.5, 0.6) is 0 Å². The highest BCUT2D eigenvalue weighted by Crippen LogP contribution is 2.25. The summed E-state index contributed by atoms with van der Waals surface area (Å²) in [5, 5.41) is 0.307. The average Bonchev–Trinajstić information content (AvgIpc) is 2.88. The van der Waals surface area contributed by atoms with Gasteiger partial charge >= 0.3 is 6.09 Å². The Bertz CT molecular complexity index is 559. The summed E-state index contributed by atoms with van der Waals surface area (Å²) >= 11 is 5.97. The van der Waals surface area contributed by atoms with Crippen LogP contribution in [0.2, 0.25) is 5.15 Å². The SMILES string of the molecule is CN(C(=O)OC(C)(C)C)C1CCN(c2ccc(N)c(Cl)n2)C1. The molecule has 7 heteroatoms. The van der Waals surface area contributed by atoms with Crippen molar-refractivity contribution in [3.63, 3.8) is 0 Å². The molecule has 22 heavy (non-hydrogen) atoms. The molecule has 0 spiro atoms. The van der Waals surface area contributed by atoms with Gasteiger partial charge < -0.3 is 20.3 Å². The molecule has 1 saturated heterocycles. The summed E-state index contributed by atoms with van der Waals surface area (Å²) in [6.45, 7) is 7.09. The van der Waals surface area contributed by atoms with E-state index in [2.05, 4.69) is 9.88 Å². The van der Waals surface area contributed by atoms with Crippen LogP contribution in [0.25, 0.3) is 0 Å². The van der Waals surface area contributed by atoms with Gasteiger partial charge in [0.25, 0.3) is 0 Å². The average molecular weight is 327 g/mol. The van der Waals surface area contributed by atoms with E-state index >= 15 is 0 Å². The molecular weight excluding hydrogens is 304 g/mol. The molecule has 2 heterocycles. The fraction of sp³-hybridized carbons (Fsp3) is 0.600. The summed E-state index contributed by atoms with van der Waals surface area (Å²) in [6.07, 6.45) is 0.557. The number of halogens is 1. The normalized spacial score (nSPS) is 18.4. The van der Waals surface area contributed by atoms with Gasteiger partial charge in [-0.3, -0.25) is 0 Å². The Labute approximate surface area is 136 Å². The molecule has 0 aromatic carbocycles. The monoisotopic (exact) mass is 326 g/mol. The minimum absolute atomic E-state index is 0.0907. The summed E-state index contributed by atoms with van der Waals surface area (Å²) in [4.78, 5) is 20.2. The number of amides is 1. The number of carbonyl (C=O) groups excluding carboxylic acids is 1. The second-order valence-corrected chi connectivity index (χ2v) is 6.89. The smallest absolute Gasteiger partial charge is 0.410 e. The van der Waals surface area contributed by atoms with E-state index in [9.17, 15) is 4.79 Å². The molecule has 2 N–H and O–H groups in total. The minimum atomic E-state index is -0.490. The lowest BCUT2D eigenvalue weighted by atomic mass is 10.2. The Morgan fingerprint density at radius 3 is 2.77 bits per heavy atom. The van der Waals surface area contributed by atoms with Gasteiger partial charge in [-0.25, -0.2) is 9.78 Å². The molecule has 1 aromatic rings. The van der Waals surface area contributed by atoms with Crippen molar-refractivity contribution in [1.82, 2.24) is 9.88 Å². The maximum Gasteiger partial charge on any atom is 0.410 e. The van der Waals surface area contributed by atoms with Crippen LogP contribution in [0, 0.1) is 0 Å². The fourth-order valence-electron chi connectivity index (χ4n) is 2.36. The lowest BCUT2D eigenvalue weighted by Gasteiger charge is -2.28. The van der Waals surface area contributed by atoms with Gasteiger partial charge in [-0.1, -0.05) is 11.6 Å². The molecule has 0 radical (unpaired) electrons. The van der Waals surface area contributed by atoms with Crippen LogP contribution in [0.15, 0.2) is 12.1 Å². The minimum Gasteiger partial charge on any atom is -0.444 e. The van der Waals surface area contributed by atoms with Crippen LogP contribution in [-0.2, 0) is 4.74 Å². The quantitative estimate of drug-likeness (QED) is 0.846. The summed E-state index contributed by atoms with van der Waals surface area (Å²) < 4.78 is 5.40. The van der Waals surface area contributed by atoms with Crippen LogP contribution in [0.3, 0.4) is 0 Å². The molecule has 2 rings (SSSR count). The van der Waals surface area contributed by atoms with Crippen LogP contribution < -0.4 is 10.6 Å². The number of rotatable bonds is 2. The maximum atomic E-state index is 12.1. The molecule has 1 aliphatic heterocycles. The molecule has 1 aromatic heterocycles. The zero-order valence-corrected chi connectivity index (χ0v) is 14.2. The van der Waals surface area contributed by atoms with Crippen molar-refractivity contribution in [2.24, 2.45) is 0 Å². The third-order valence-corrected chi connectivity index (χ3v) is 3.88. The van der Waals surface area contributed by atoms with Gasteiger partial charge in [-0.2, -0.15) is 0 Å². The van der Waals surface area contributed by atoms with Gasteiger partial charge in [-0.05, 0) is 39.3 Å². The number of hydrogen-bond donors (Lipinski definition) is 1. The Hall–Kier alpha value is -1.69. The summed E-state index contributed by atoms with van der Waals surface area (Å²) in [6, 6.07) is 3.68. The van der Waals surface area contributed by atoms with Crippen molar-refractivity contribution in [3.8, 4) is 0 Å². The van der Waals surface area contributed by atoms with E-state index in [-0.39, 0.29) is 12.1 Å². The molecule has 0 saturated carbocycles. The van der Waals surface area contributed by atoms with E-state index in [4.69, 9.17) is 22.1 Å². The Kier molecular flexibility index (Phi) is 4.70. The number of aromatic nitrogens is 1. The summed E-state index contributed by atoms with van der Waals surface area (Å²) in [7, 11) is 1.77. The third kappa shape index (κ3) is 3.94. The van der Waals surface area contributed by atoms with Crippen LogP contribution in [0.1, 0.15) is 27.2 Å². The maximum absolute atomic E-state index is 12.1. The van der Waals surface area contributed by atoms with Crippen molar-refractivity contribution >= 4 is 29.2 Å². The Morgan fingerprint density at radius 1 is 1.50 bits per heavy atom. The first-order chi connectivity index (χ1) is 10.2. The van der Waals surface area contributed by atoms with Crippen LogP contribution >= 0.6 is 11.6 Å². The first-order valence-corrected chi connectivity index (χ1v) is 7.68. The second-order valence-electron chi connectivity index (χ2n) is 6.53. The topological polar surface area (TPSA) is 71.7 Å². The molecule has 0 bridgehead atoms. The Morgan fingerprint density at radius 2 is 2.18 bits per heavy atom. The Balaban J connectivity index is 2.00. The highest BCUT2D eigenvalue weighted by molar-refractivity contribution is 6.31. The number of ether oxygens (including phenoxy) is 1. The number of carbonyl (C=O) groups is 1. The van der Waals surface area contributed by atoms with Crippen molar-refractivity contribution < 1.29 is 9.53 Å². The molecule has 1 fully saturated rings. The van der Waals surface area contributed by atoms with Crippen molar-refractivity contribution in [3.05, 3.63) is 17.3 Å². The number of likely N-dealkylation sites (N-methyl/N-ethyl adjacent to an activating group) is 1. The second kappa shape index (κ2) is 6.20. The highest BCUT2D eigenvalue weighted by Gasteiger charge is 2.31. The molecule has 1 unspecified atom stereocenters. The first-order valence-electron chi connectivity index (χ1n) is 7.30. The molecular formula is C15H23ClN4O2. The van der Waals surface area contributed by atoms with Gasteiger partial charge in [0.05, 0.1) is 11.7 Å². The number of pyridine rings is 1. The van der Waals surface area contributed by atoms with Crippen LogP contribution in [0.4, 0.5) is 16.3 Å². The predicted molar refractivity (Wildman–Crippen MR) is 88.3 cm³/mol. The van der Waals surface area contributed by atoms with Gasteiger partial charge in [0.15, 0.2) is 5.15 Å². The lowest BCUT2D eigenvalue weighted by Crippen LogP contribution is -2.42. The zero-order valence-electron chi connectivity index (χ0n) is 13.5. The molecule has 1 amide bonds. The van der Waals surface area contributed by atoms with Crippen molar-refractivity contribution in [2.75, 3.05) is 30.8 Å². The van der Waals surface area contributed by atoms with E-state index in [0.29, 0.717) is 17.4 Å². The zero-order chi connectivity index (χ0) is 16.5. The molecule has 1 atom stereocenters. The van der Waals surface area contributed by atoms with Gasteiger partial charge in [0, 0.05) is 20.1 Å². The fourth-order valence-corrected chi connectivity index (χ4v) is 2.51. The van der Waals surface area contributed by atoms with Crippen molar-refractivity contribution in [1.29, 1.82) is 0 Å². The number of nitrogen functional groups attached to an aromatic ring is 1. The third-order valence-electron chi connectivity index (χ3n) is 3.58. The van der Waals surface area contributed by atoms with E-state index in [1.807, 2.05) is 26.8 Å². The summed E-state index contributed by atoms with van der Waals surface area (Å²) in [5.74, 6) is 0.777. The standard InChI is InChI=1S/C15H23ClN4O2/c1-15(2,3)22-14(21)19(4)10-7-8-20(9-10)12-6-5-11(17)13(16)18-12/h5-6,10H,7-9,17H2,1-4H3. The largest absolute Gasteiger partial charge is 0.444 e. The van der Waals surface area contributed by atoms with Gasteiger partial charge in [0.1, 0.15) is 11.4 Å². The van der Waals surface area contributed by atoms with E-state index < -0.39 is 5.60 Å². The molecule has 0 aliphatic carbocycles. The van der Waals surface area contributed by atoms with Crippen molar-refractivity contribution in [2.45, 2.75) is 38.8 Å². The highest BCUT2D eigenvalue weighted by atomic mass is 35.5. The number of anilines is 2. The predicted octanol–water partition coefficient (Wildman–Crippen LogP) is 2.76. The number of hydrogen-bond acceptors (Lipinski definition) is 5. The van der Waals surface area contributed by atoms with E-state index in [1.54, 1.807) is 18.0 Å². The first kappa shape index (κ1) is 16.7. The summed E-state index contributed by atoms with van der Waals surface area (Å²) in [5.41, 5.74) is 5.65. The number of nitrogens with zero attached hydrogens (tertiary/aromatic N) is 3. The molecule has 1 aliphatic rings. The van der Waals surface area contributed by atoms with Gasteiger partial charge in [-0.15, -0.1) is 0 Å². The van der Waals surface area contributed by atoms with Crippen LogP contribution in [-0.4, -0.2) is 47.8 Å². The lowest BCUT2D eigenvalue weighted by molar-refractivity contribution is 0.0238. The van der Waals surface area contributed by atoms with E-state index in [0.717, 1.165) is 18.8 Å². The molecule has 122 valence electrons. The molecule has 6 nitrogen and oxygen atoms in total. The van der Waals surface area contributed by atoms with Gasteiger partial charge in [0.2, 0.25) is 0 Å². The van der Waals surface area contributed by atoms with E-state index in [1.165, 1.54) is 0 Å². The number of nitrogens with two attached hydrogens (primary N) is 1.